The van der Waals surface area contributed by atoms with Gasteiger partial charge in [0, 0.05) is 18.4 Å². The number of carbonyl (C=O) groups excluding carboxylic acids is 1. The predicted molar refractivity (Wildman–Crippen MR) is 66.6 cm³/mol. The van der Waals surface area contributed by atoms with Crippen molar-refractivity contribution >= 4 is 30.2 Å². The van der Waals surface area contributed by atoms with Crippen molar-refractivity contribution in [2.45, 2.75) is 25.4 Å². The van der Waals surface area contributed by atoms with Gasteiger partial charge in [-0.3, -0.25) is 9.78 Å². The first-order chi connectivity index (χ1) is 7.19. The Balaban J connectivity index is 2.96. The standard InChI is InChI=1S/C10H14N2OS2/c1-3-15-6-10-9(5-14)11-4-8(12-10)7(2)13/h4,14H,3,5-6H2,1-2H3. The molecule has 5 heteroatoms. The maximum Gasteiger partial charge on any atom is 0.179 e. The quantitative estimate of drug-likeness (QED) is 0.636. The van der Waals surface area contributed by atoms with E-state index in [4.69, 9.17) is 0 Å². The van der Waals surface area contributed by atoms with Gasteiger partial charge in [-0.25, -0.2) is 4.98 Å². The summed E-state index contributed by atoms with van der Waals surface area (Å²) in [7, 11) is 0. The molecule has 15 heavy (non-hydrogen) atoms. The van der Waals surface area contributed by atoms with Crippen molar-refractivity contribution in [2.75, 3.05) is 5.75 Å². The molecule has 1 rings (SSSR count). The fourth-order valence-electron chi connectivity index (χ4n) is 1.07. The van der Waals surface area contributed by atoms with E-state index in [1.54, 1.807) is 11.8 Å². The lowest BCUT2D eigenvalue weighted by atomic mass is 10.3. The zero-order chi connectivity index (χ0) is 11.3. The Kier molecular flexibility index (Phi) is 5.11. The molecule has 0 aromatic carbocycles. The van der Waals surface area contributed by atoms with Crippen LogP contribution in [-0.2, 0) is 11.5 Å². The molecule has 0 saturated heterocycles. The molecule has 0 atom stereocenters. The monoisotopic (exact) mass is 242 g/mol. The molecule has 0 radical (unpaired) electrons. The average molecular weight is 242 g/mol. The van der Waals surface area contributed by atoms with E-state index in [9.17, 15) is 4.79 Å². The number of hydrogen-bond donors (Lipinski definition) is 1. The van der Waals surface area contributed by atoms with E-state index in [0.29, 0.717) is 11.4 Å². The van der Waals surface area contributed by atoms with Gasteiger partial charge >= 0.3 is 0 Å². The van der Waals surface area contributed by atoms with Crippen molar-refractivity contribution < 1.29 is 4.79 Å². The largest absolute Gasteiger partial charge is 0.293 e. The molecule has 0 spiro atoms. The molecule has 0 bridgehead atoms. The van der Waals surface area contributed by atoms with Crippen molar-refractivity contribution in [3.05, 3.63) is 23.3 Å². The van der Waals surface area contributed by atoms with Gasteiger partial charge in [-0.05, 0) is 5.75 Å². The lowest BCUT2D eigenvalue weighted by Crippen LogP contribution is -2.05. The molecule has 0 unspecified atom stereocenters. The molecule has 82 valence electrons. The van der Waals surface area contributed by atoms with Crippen molar-refractivity contribution in [1.29, 1.82) is 0 Å². The van der Waals surface area contributed by atoms with Crippen LogP contribution in [0.4, 0.5) is 0 Å². The van der Waals surface area contributed by atoms with Crippen LogP contribution in [0.15, 0.2) is 6.20 Å². The van der Waals surface area contributed by atoms with Crippen LogP contribution in [0.25, 0.3) is 0 Å². The molecular weight excluding hydrogens is 228 g/mol. The van der Waals surface area contributed by atoms with Gasteiger partial charge in [0.05, 0.1) is 17.6 Å². The van der Waals surface area contributed by atoms with E-state index in [1.165, 1.54) is 13.1 Å². The van der Waals surface area contributed by atoms with E-state index in [2.05, 4.69) is 29.5 Å². The first-order valence-corrected chi connectivity index (χ1v) is 6.52. The molecule has 0 aliphatic rings. The molecule has 1 heterocycles. The van der Waals surface area contributed by atoms with E-state index in [-0.39, 0.29) is 5.78 Å². The summed E-state index contributed by atoms with van der Waals surface area (Å²) in [5.41, 5.74) is 2.18. The molecule has 0 fully saturated rings. The highest BCUT2D eigenvalue weighted by molar-refractivity contribution is 7.98. The van der Waals surface area contributed by atoms with Crippen LogP contribution in [-0.4, -0.2) is 21.5 Å². The van der Waals surface area contributed by atoms with Crippen molar-refractivity contribution in [3.8, 4) is 0 Å². The number of ketones is 1. The minimum Gasteiger partial charge on any atom is -0.293 e. The number of rotatable bonds is 5. The molecule has 1 aromatic rings. The Morgan fingerprint density at radius 3 is 2.80 bits per heavy atom. The third-order valence-electron chi connectivity index (χ3n) is 1.88. The highest BCUT2D eigenvalue weighted by atomic mass is 32.2. The van der Waals surface area contributed by atoms with Crippen molar-refractivity contribution in [3.63, 3.8) is 0 Å². The van der Waals surface area contributed by atoms with Gasteiger partial charge < -0.3 is 0 Å². The lowest BCUT2D eigenvalue weighted by Gasteiger charge is -2.06. The Morgan fingerprint density at radius 2 is 2.27 bits per heavy atom. The fourth-order valence-corrected chi connectivity index (χ4v) is 1.96. The Hall–Kier alpha value is -0.550. The van der Waals surface area contributed by atoms with E-state index in [1.807, 2.05) is 0 Å². The highest BCUT2D eigenvalue weighted by Crippen LogP contribution is 2.14. The molecule has 0 aliphatic heterocycles. The van der Waals surface area contributed by atoms with Gasteiger partial charge in [-0.15, -0.1) is 0 Å². The number of nitrogens with zero attached hydrogens (tertiary/aromatic N) is 2. The fraction of sp³-hybridized carbons (Fsp3) is 0.500. The smallest absolute Gasteiger partial charge is 0.179 e. The number of thiol groups is 1. The summed E-state index contributed by atoms with van der Waals surface area (Å²) in [6.45, 7) is 3.59. The zero-order valence-electron chi connectivity index (χ0n) is 8.86. The summed E-state index contributed by atoms with van der Waals surface area (Å²) in [6, 6.07) is 0. The van der Waals surface area contributed by atoms with Gasteiger partial charge in [0.15, 0.2) is 5.78 Å². The van der Waals surface area contributed by atoms with Crippen molar-refractivity contribution in [2.24, 2.45) is 0 Å². The first kappa shape index (κ1) is 12.5. The van der Waals surface area contributed by atoms with E-state index in [0.717, 1.165) is 22.9 Å². The third-order valence-corrected chi connectivity index (χ3v) is 3.07. The van der Waals surface area contributed by atoms with Crippen LogP contribution in [0, 0.1) is 0 Å². The summed E-state index contributed by atoms with van der Waals surface area (Å²) in [4.78, 5) is 19.6. The third kappa shape index (κ3) is 3.50. The molecule has 1 aromatic heterocycles. The van der Waals surface area contributed by atoms with Crippen LogP contribution >= 0.6 is 24.4 Å². The second kappa shape index (κ2) is 6.12. The van der Waals surface area contributed by atoms with Gasteiger partial charge in [0.25, 0.3) is 0 Å². The second-order valence-corrected chi connectivity index (χ2v) is 4.59. The first-order valence-electron chi connectivity index (χ1n) is 4.73. The number of aromatic nitrogens is 2. The molecular formula is C10H14N2OS2. The molecule has 0 aliphatic carbocycles. The Morgan fingerprint density at radius 1 is 1.53 bits per heavy atom. The number of carbonyl (C=O) groups is 1. The van der Waals surface area contributed by atoms with Crippen LogP contribution < -0.4 is 0 Å². The van der Waals surface area contributed by atoms with E-state index < -0.39 is 0 Å². The molecule has 0 amide bonds. The minimum atomic E-state index is -0.0454. The van der Waals surface area contributed by atoms with Crippen LogP contribution in [0.1, 0.15) is 35.7 Å². The van der Waals surface area contributed by atoms with Gasteiger partial charge in [0.1, 0.15) is 5.69 Å². The lowest BCUT2D eigenvalue weighted by molar-refractivity contribution is 0.101. The number of Topliss-reactive ketones (excluding diaryl/α,β-unsaturated/α-hetero) is 1. The Labute approximate surface area is 99.5 Å². The summed E-state index contributed by atoms with van der Waals surface area (Å²) < 4.78 is 0. The summed E-state index contributed by atoms with van der Waals surface area (Å²) in [5, 5.41) is 0. The summed E-state index contributed by atoms with van der Waals surface area (Å²) in [6.07, 6.45) is 1.52. The van der Waals surface area contributed by atoms with Gasteiger partial charge in [-0.1, -0.05) is 6.92 Å². The van der Waals surface area contributed by atoms with E-state index >= 15 is 0 Å². The van der Waals surface area contributed by atoms with Crippen LogP contribution in [0.2, 0.25) is 0 Å². The molecule has 3 nitrogen and oxygen atoms in total. The minimum absolute atomic E-state index is 0.0454. The van der Waals surface area contributed by atoms with Crippen LogP contribution in [0.3, 0.4) is 0 Å². The highest BCUT2D eigenvalue weighted by Gasteiger charge is 2.08. The van der Waals surface area contributed by atoms with Crippen molar-refractivity contribution in [1.82, 2.24) is 9.97 Å². The number of thioether (sulfide) groups is 1. The summed E-state index contributed by atoms with van der Waals surface area (Å²) >= 11 is 5.95. The summed E-state index contributed by atoms with van der Waals surface area (Å²) in [5.74, 6) is 2.33. The SMILES string of the molecule is CCSCc1nc(C(C)=O)cnc1CS. The number of hydrogen-bond acceptors (Lipinski definition) is 5. The second-order valence-electron chi connectivity index (χ2n) is 3.00. The molecule has 0 N–H and O–H groups in total. The average Bonchev–Trinajstić information content (AvgIpc) is 2.25. The maximum atomic E-state index is 11.1. The normalized spacial score (nSPS) is 10.3. The van der Waals surface area contributed by atoms with Gasteiger partial charge in [0.2, 0.25) is 0 Å². The molecule has 0 saturated carbocycles. The zero-order valence-corrected chi connectivity index (χ0v) is 10.6. The van der Waals surface area contributed by atoms with Gasteiger partial charge in [-0.2, -0.15) is 24.4 Å². The topological polar surface area (TPSA) is 42.9 Å². The van der Waals surface area contributed by atoms with Crippen LogP contribution in [0.5, 0.6) is 0 Å². The Bertz CT molecular complexity index is 355. The predicted octanol–water partition coefficient (Wildman–Crippen LogP) is 2.36. The maximum absolute atomic E-state index is 11.1.